The molecule has 0 aliphatic heterocycles. The number of nitrogens with one attached hydrogen (secondary N) is 1. The highest BCUT2D eigenvalue weighted by Gasteiger charge is 2.26. The van der Waals surface area contributed by atoms with Crippen LogP contribution >= 0.6 is 0 Å². The second kappa shape index (κ2) is 12.9. The minimum absolute atomic E-state index is 0.0256. The molecule has 1 aliphatic carbocycles. The molecule has 1 N–H and O–H groups in total. The number of hydrogen-bond acceptors (Lipinski definition) is 3. The van der Waals surface area contributed by atoms with Crippen LogP contribution in [0.4, 0.5) is 5.69 Å². The van der Waals surface area contributed by atoms with Crippen LogP contribution in [0.25, 0.3) is 0 Å². The van der Waals surface area contributed by atoms with Crippen LogP contribution in [0.1, 0.15) is 73.6 Å². The Kier molecular flexibility index (Phi) is 10.3. The summed E-state index contributed by atoms with van der Waals surface area (Å²) in [5, 5.41) is 2.81. The summed E-state index contributed by atoms with van der Waals surface area (Å²) in [6.45, 7) is 12.8. The molecule has 0 aromatic heterocycles. The standard InChI is InChI=1S/C30H39NO3/c1-7-10-28(32)31-25-15-17-26(18-16-25)34-29(33)21-23(3)12-8-11-22(2)14-19-27-24(4)13-9-20-30(27,5)6/h8,11-12,14-19,21H,7,9-10,13,20H2,1-6H3,(H,31,32)/b12-8+,19-14+,22-11+,23-21+. The Morgan fingerprint density at radius 1 is 1.09 bits per heavy atom. The quantitative estimate of drug-likeness (QED) is 0.176. The molecule has 1 aromatic carbocycles. The molecular weight excluding hydrogens is 422 g/mol. The summed E-state index contributed by atoms with van der Waals surface area (Å²) < 4.78 is 5.36. The van der Waals surface area contributed by atoms with E-state index in [1.807, 2.05) is 32.1 Å². The molecule has 4 heteroatoms. The van der Waals surface area contributed by atoms with E-state index in [-0.39, 0.29) is 11.3 Å². The number of esters is 1. The SMILES string of the molecule is CCCC(=O)Nc1ccc(OC(=O)/C=C(C)/C=C/C=C(C)/C=C/C2=C(C)CCCC2(C)C)cc1. The van der Waals surface area contributed by atoms with Gasteiger partial charge < -0.3 is 10.1 Å². The Labute approximate surface area is 205 Å². The van der Waals surface area contributed by atoms with E-state index in [9.17, 15) is 9.59 Å². The predicted molar refractivity (Wildman–Crippen MR) is 142 cm³/mol. The van der Waals surface area contributed by atoms with Crippen LogP contribution in [0.2, 0.25) is 0 Å². The maximum atomic E-state index is 12.2. The van der Waals surface area contributed by atoms with Gasteiger partial charge in [-0.05, 0) is 87.3 Å². The molecule has 0 saturated heterocycles. The Morgan fingerprint density at radius 3 is 2.44 bits per heavy atom. The van der Waals surface area contributed by atoms with E-state index in [4.69, 9.17) is 4.74 Å². The third-order valence-electron chi connectivity index (χ3n) is 5.95. The summed E-state index contributed by atoms with van der Waals surface area (Å²) in [6.07, 6.45) is 16.7. The summed E-state index contributed by atoms with van der Waals surface area (Å²) in [7, 11) is 0. The fourth-order valence-corrected chi connectivity index (χ4v) is 4.07. The van der Waals surface area contributed by atoms with Gasteiger partial charge in [-0.15, -0.1) is 0 Å². The normalized spacial score (nSPS) is 16.9. The Bertz CT molecular complexity index is 1020. The highest BCUT2D eigenvalue weighted by molar-refractivity contribution is 5.90. The van der Waals surface area contributed by atoms with Crippen molar-refractivity contribution in [3.8, 4) is 5.75 Å². The van der Waals surface area contributed by atoms with Crippen molar-refractivity contribution in [3.05, 3.63) is 83.0 Å². The average molecular weight is 462 g/mol. The summed E-state index contributed by atoms with van der Waals surface area (Å²) in [4.78, 5) is 23.9. The Balaban J connectivity index is 1.91. The van der Waals surface area contributed by atoms with Gasteiger partial charge in [0.2, 0.25) is 5.91 Å². The van der Waals surface area contributed by atoms with Crippen molar-refractivity contribution < 1.29 is 14.3 Å². The Hall–Kier alpha value is -3.14. The van der Waals surface area contributed by atoms with E-state index >= 15 is 0 Å². The summed E-state index contributed by atoms with van der Waals surface area (Å²) >= 11 is 0. The van der Waals surface area contributed by atoms with Gasteiger partial charge in [0.15, 0.2) is 0 Å². The number of rotatable bonds is 9. The summed E-state index contributed by atoms with van der Waals surface area (Å²) in [5.41, 5.74) is 5.81. The number of carbonyl (C=O) groups is 2. The van der Waals surface area contributed by atoms with Gasteiger partial charge in [0.1, 0.15) is 5.75 Å². The number of amides is 1. The molecule has 0 fully saturated rings. The molecule has 0 saturated carbocycles. The van der Waals surface area contributed by atoms with Gasteiger partial charge in [0.25, 0.3) is 0 Å². The fourth-order valence-electron chi connectivity index (χ4n) is 4.07. The molecule has 0 unspecified atom stereocenters. The first-order valence-corrected chi connectivity index (χ1v) is 12.1. The maximum Gasteiger partial charge on any atom is 0.336 e. The lowest BCUT2D eigenvalue weighted by Gasteiger charge is -2.32. The lowest BCUT2D eigenvalue weighted by Crippen LogP contribution is -2.19. The third kappa shape index (κ3) is 9.01. The van der Waals surface area contributed by atoms with Gasteiger partial charge in [0.05, 0.1) is 0 Å². The zero-order valence-electron chi connectivity index (χ0n) is 21.5. The highest BCUT2D eigenvalue weighted by atomic mass is 16.5. The summed E-state index contributed by atoms with van der Waals surface area (Å²) in [5.74, 6) is -0.0301. The molecule has 182 valence electrons. The number of allylic oxidation sites excluding steroid dienone is 9. The van der Waals surface area contributed by atoms with Crippen molar-refractivity contribution in [3.63, 3.8) is 0 Å². The fraction of sp³-hybridized carbons (Fsp3) is 0.400. The van der Waals surface area contributed by atoms with Crippen molar-refractivity contribution in [1.82, 2.24) is 0 Å². The van der Waals surface area contributed by atoms with Crippen molar-refractivity contribution in [2.75, 3.05) is 5.32 Å². The number of hydrogen-bond donors (Lipinski definition) is 1. The van der Waals surface area contributed by atoms with Gasteiger partial charge in [-0.2, -0.15) is 0 Å². The molecule has 1 aromatic rings. The predicted octanol–water partition coefficient (Wildman–Crippen LogP) is 7.86. The summed E-state index contributed by atoms with van der Waals surface area (Å²) in [6, 6.07) is 6.78. The average Bonchev–Trinajstić information content (AvgIpc) is 2.74. The number of anilines is 1. The van der Waals surface area contributed by atoms with E-state index in [2.05, 4.69) is 45.2 Å². The van der Waals surface area contributed by atoms with Crippen LogP contribution in [-0.2, 0) is 9.59 Å². The molecule has 1 amide bonds. The minimum atomic E-state index is -0.438. The third-order valence-corrected chi connectivity index (χ3v) is 5.95. The van der Waals surface area contributed by atoms with Crippen LogP contribution in [0.5, 0.6) is 5.75 Å². The minimum Gasteiger partial charge on any atom is -0.423 e. The number of ether oxygens (including phenoxy) is 1. The van der Waals surface area contributed by atoms with Gasteiger partial charge >= 0.3 is 5.97 Å². The molecule has 34 heavy (non-hydrogen) atoms. The molecule has 4 nitrogen and oxygen atoms in total. The van der Waals surface area contributed by atoms with E-state index in [1.165, 1.54) is 36.5 Å². The molecule has 1 aliphatic rings. The zero-order valence-corrected chi connectivity index (χ0v) is 21.5. The van der Waals surface area contributed by atoms with E-state index in [0.717, 1.165) is 17.6 Å². The monoisotopic (exact) mass is 461 g/mol. The number of carbonyl (C=O) groups excluding carboxylic acids is 2. The van der Waals surface area contributed by atoms with Crippen molar-refractivity contribution in [1.29, 1.82) is 0 Å². The van der Waals surface area contributed by atoms with E-state index in [0.29, 0.717) is 17.9 Å². The zero-order chi connectivity index (χ0) is 25.1. The van der Waals surface area contributed by atoms with Gasteiger partial charge in [0, 0.05) is 18.2 Å². The molecule has 0 heterocycles. The van der Waals surface area contributed by atoms with Crippen LogP contribution in [0, 0.1) is 5.41 Å². The molecule has 0 spiro atoms. The topological polar surface area (TPSA) is 55.4 Å². The lowest BCUT2D eigenvalue weighted by molar-refractivity contribution is -0.129. The van der Waals surface area contributed by atoms with Gasteiger partial charge in [-0.3, -0.25) is 4.79 Å². The van der Waals surface area contributed by atoms with Crippen LogP contribution < -0.4 is 10.1 Å². The second-order valence-electron chi connectivity index (χ2n) is 9.67. The van der Waals surface area contributed by atoms with Crippen molar-refractivity contribution in [2.45, 2.75) is 73.6 Å². The van der Waals surface area contributed by atoms with Crippen LogP contribution in [0.3, 0.4) is 0 Å². The van der Waals surface area contributed by atoms with E-state index in [1.54, 1.807) is 24.3 Å². The van der Waals surface area contributed by atoms with Gasteiger partial charge in [-0.1, -0.05) is 62.3 Å². The van der Waals surface area contributed by atoms with Crippen molar-refractivity contribution >= 4 is 17.6 Å². The van der Waals surface area contributed by atoms with E-state index < -0.39 is 5.97 Å². The molecule has 0 bridgehead atoms. The second-order valence-corrected chi connectivity index (χ2v) is 9.67. The van der Waals surface area contributed by atoms with Crippen molar-refractivity contribution in [2.24, 2.45) is 5.41 Å². The van der Waals surface area contributed by atoms with Crippen LogP contribution in [-0.4, -0.2) is 11.9 Å². The highest BCUT2D eigenvalue weighted by Crippen LogP contribution is 2.40. The van der Waals surface area contributed by atoms with Gasteiger partial charge in [-0.25, -0.2) is 4.79 Å². The number of benzene rings is 1. The first kappa shape index (κ1) is 27.1. The molecule has 0 radical (unpaired) electrons. The van der Waals surface area contributed by atoms with Crippen LogP contribution in [0.15, 0.2) is 83.0 Å². The first-order valence-electron chi connectivity index (χ1n) is 12.1. The molecular formula is C30H39NO3. The largest absolute Gasteiger partial charge is 0.423 e. The molecule has 0 atom stereocenters. The maximum absolute atomic E-state index is 12.2. The smallest absolute Gasteiger partial charge is 0.336 e. The first-order chi connectivity index (χ1) is 16.1. The molecule has 2 rings (SSSR count). The Morgan fingerprint density at radius 2 is 1.79 bits per heavy atom. The lowest BCUT2D eigenvalue weighted by atomic mass is 9.72.